The lowest BCUT2D eigenvalue weighted by Gasteiger charge is -2.38. The summed E-state index contributed by atoms with van der Waals surface area (Å²) in [5, 5.41) is 3.20. The van der Waals surface area contributed by atoms with Crippen LogP contribution >= 0.6 is 0 Å². The van der Waals surface area contributed by atoms with E-state index in [2.05, 4.69) is 5.32 Å². The Kier molecular flexibility index (Phi) is 2.59. The third-order valence-electron chi connectivity index (χ3n) is 3.67. The highest BCUT2D eigenvalue weighted by molar-refractivity contribution is 5.81. The molecule has 90 valence electrons. The largest absolute Gasteiger partial charge is 0.319 e. The Balaban J connectivity index is 1.85. The fourth-order valence-corrected chi connectivity index (χ4v) is 2.52. The standard InChI is InChI=1S/C13H15FN2O/c14-10-6-4-9(5-7-10)13-15-8-12(17)16(13)11-2-1-3-11/h4-7,11,13,15H,1-3,8H2. The van der Waals surface area contributed by atoms with Crippen LogP contribution in [0.4, 0.5) is 4.39 Å². The van der Waals surface area contributed by atoms with Crippen LogP contribution in [0.5, 0.6) is 0 Å². The summed E-state index contributed by atoms with van der Waals surface area (Å²) in [5.74, 6) is -0.0858. The molecule has 1 N–H and O–H groups in total. The summed E-state index contributed by atoms with van der Waals surface area (Å²) in [6.07, 6.45) is 3.30. The Labute approximate surface area is 99.6 Å². The van der Waals surface area contributed by atoms with E-state index in [9.17, 15) is 9.18 Å². The quantitative estimate of drug-likeness (QED) is 0.846. The van der Waals surface area contributed by atoms with E-state index in [-0.39, 0.29) is 17.9 Å². The Morgan fingerprint density at radius 2 is 1.94 bits per heavy atom. The van der Waals surface area contributed by atoms with Crippen LogP contribution < -0.4 is 5.32 Å². The fourth-order valence-electron chi connectivity index (χ4n) is 2.52. The molecule has 1 amide bonds. The summed E-state index contributed by atoms with van der Waals surface area (Å²) >= 11 is 0. The highest BCUT2D eigenvalue weighted by atomic mass is 19.1. The molecule has 3 rings (SSSR count). The normalized spacial score (nSPS) is 25.1. The van der Waals surface area contributed by atoms with E-state index in [1.807, 2.05) is 4.90 Å². The first-order chi connectivity index (χ1) is 8.25. The number of amides is 1. The Morgan fingerprint density at radius 3 is 2.53 bits per heavy atom. The van der Waals surface area contributed by atoms with Gasteiger partial charge in [-0.2, -0.15) is 0 Å². The minimum absolute atomic E-state index is 0.0756. The summed E-state index contributed by atoms with van der Waals surface area (Å²) in [7, 11) is 0. The zero-order valence-corrected chi connectivity index (χ0v) is 9.53. The highest BCUT2D eigenvalue weighted by Crippen LogP contribution is 2.33. The molecule has 1 saturated carbocycles. The molecule has 17 heavy (non-hydrogen) atoms. The molecule has 0 spiro atoms. The molecule has 3 nitrogen and oxygen atoms in total. The van der Waals surface area contributed by atoms with Crippen molar-refractivity contribution < 1.29 is 9.18 Å². The van der Waals surface area contributed by atoms with E-state index in [4.69, 9.17) is 0 Å². The van der Waals surface area contributed by atoms with Gasteiger partial charge in [0.2, 0.25) is 5.91 Å². The maximum Gasteiger partial charge on any atom is 0.238 e. The van der Waals surface area contributed by atoms with Gasteiger partial charge in [0.05, 0.1) is 6.54 Å². The van der Waals surface area contributed by atoms with Crippen LogP contribution in [-0.4, -0.2) is 23.4 Å². The molecule has 1 unspecified atom stereocenters. The number of carbonyl (C=O) groups excluding carboxylic acids is 1. The first-order valence-electron chi connectivity index (χ1n) is 6.06. The minimum Gasteiger partial charge on any atom is -0.319 e. The SMILES string of the molecule is O=C1CNC(c2ccc(F)cc2)N1C1CCC1. The third-order valence-corrected chi connectivity index (χ3v) is 3.67. The smallest absolute Gasteiger partial charge is 0.238 e. The van der Waals surface area contributed by atoms with Crippen LogP contribution in [0.3, 0.4) is 0 Å². The van der Waals surface area contributed by atoms with Crippen molar-refractivity contribution in [2.24, 2.45) is 0 Å². The van der Waals surface area contributed by atoms with Crippen LogP contribution in [0.2, 0.25) is 0 Å². The molecular weight excluding hydrogens is 219 g/mol. The van der Waals surface area contributed by atoms with Crippen molar-refractivity contribution >= 4 is 5.91 Å². The first-order valence-corrected chi connectivity index (χ1v) is 6.06. The average Bonchev–Trinajstić information content (AvgIpc) is 2.61. The lowest BCUT2D eigenvalue weighted by molar-refractivity contribution is -0.132. The Morgan fingerprint density at radius 1 is 1.24 bits per heavy atom. The molecule has 1 aromatic rings. The van der Waals surface area contributed by atoms with Crippen LogP contribution in [0.1, 0.15) is 31.0 Å². The number of hydrogen-bond donors (Lipinski definition) is 1. The van der Waals surface area contributed by atoms with Gasteiger partial charge in [-0.25, -0.2) is 4.39 Å². The van der Waals surface area contributed by atoms with Crippen molar-refractivity contribution in [3.05, 3.63) is 35.6 Å². The van der Waals surface area contributed by atoms with E-state index < -0.39 is 0 Å². The minimum atomic E-state index is -0.242. The summed E-state index contributed by atoms with van der Waals surface area (Å²) in [5.41, 5.74) is 0.962. The third kappa shape index (κ3) is 1.82. The second-order valence-electron chi connectivity index (χ2n) is 4.72. The maximum absolute atomic E-state index is 12.9. The van der Waals surface area contributed by atoms with Crippen LogP contribution in [-0.2, 0) is 4.79 Å². The van der Waals surface area contributed by atoms with Gasteiger partial charge in [0, 0.05) is 6.04 Å². The van der Waals surface area contributed by atoms with Gasteiger partial charge >= 0.3 is 0 Å². The van der Waals surface area contributed by atoms with E-state index in [0.717, 1.165) is 18.4 Å². The zero-order chi connectivity index (χ0) is 11.8. The van der Waals surface area contributed by atoms with Crippen LogP contribution in [0, 0.1) is 5.82 Å². The van der Waals surface area contributed by atoms with Crippen LogP contribution in [0.15, 0.2) is 24.3 Å². The van der Waals surface area contributed by atoms with Crippen LogP contribution in [0.25, 0.3) is 0 Å². The molecule has 0 radical (unpaired) electrons. The fraction of sp³-hybridized carbons (Fsp3) is 0.462. The number of benzene rings is 1. The molecule has 1 saturated heterocycles. The molecule has 0 aromatic heterocycles. The summed E-state index contributed by atoms with van der Waals surface area (Å²) in [6, 6.07) is 6.75. The van der Waals surface area contributed by atoms with Crippen molar-refractivity contribution in [1.29, 1.82) is 0 Å². The topological polar surface area (TPSA) is 32.3 Å². The summed E-state index contributed by atoms with van der Waals surface area (Å²) in [6.45, 7) is 0.387. The van der Waals surface area contributed by atoms with Gasteiger partial charge in [0.15, 0.2) is 0 Å². The average molecular weight is 234 g/mol. The van der Waals surface area contributed by atoms with Gasteiger partial charge in [-0.1, -0.05) is 12.1 Å². The molecule has 4 heteroatoms. The number of halogens is 1. The van der Waals surface area contributed by atoms with Crippen molar-refractivity contribution in [1.82, 2.24) is 10.2 Å². The van der Waals surface area contributed by atoms with Crippen molar-refractivity contribution in [2.75, 3.05) is 6.54 Å². The summed E-state index contributed by atoms with van der Waals surface area (Å²) < 4.78 is 12.9. The van der Waals surface area contributed by atoms with Gasteiger partial charge in [0.25, 0.3) is 0 Å². The molecule has 0 bridgehead atoms. The van der Waals surface area contributed by atoms with Gasteiger partial charge < -0.3 is 4.90 Å². The van der Waals surface area contributed by atoms with Crippen molar-refractivity contribution in [2.45, 2.75) is 31.5 Å². The lowest BCUT2D eigenvalue weighted by atomic mass is 9.91. The number of carbonyl (C=O) groups is 1. The van der Waals surface area contributed by atoms with Gasteiger partial charge in [-0.3, -0.25) is 10.1 Å². The van der Waals surface area contributed by atoms with Crippen molar-refractivity contribution in [3.8, 4) is 0 Å². The molecule has 1 aromatic carbocycles. The van der Waals surface area contributed by atoms with E-state index in [1.165, 1.54) is 18.6 Å². The van der Waals surface area contributed by atoms with Gasteiger partial charge in [-0.15, -0.1) is 0 Å². The Hall–Kier alpha value is -1.42. The molecule has 1 aliphatic carbocycles. The second-order valence-corrected chi connectivity index (χ2v) is 4.72. The molecule has 1 heterocycles. The second kappa shape index (κ2) is 4.11. The van der Waals surface area contributed by atoms with Gasteiger partial charge in [-0.05, 0) is 37.0 Å². The number of hydrogen-bond acceptors (Lipinski definition) is 2. The maximum atomic E-state index is 12.9. The number of nitrogens with one attached hydrogen (secondary N) is 1. The molecule has 1 aliphatic heterocycles. The Bertz CT molecular complexity index is 428. The number of rotatable bonds is 2. The molecule has 2 fully saturated rings. The van der Waals surface area contributed by atoms with Crippen molar-refractivity contribution in [3.63, 3.8) is 0 Å². The van der Waals surface area contributed by atoms with E-state index in [0.29, 0.717) is 12.6 Å². The van der Waals surface area contributed by atoms with E-state index >= 15 is 0 Å². The zero-order valence-electron chi connectivity index (χ0n) is 9.53. The predicted molar refractivity (Wildman–Crippen MR) is 61.6 cm³/mol. The lowest BCUT2D eigenvalue weighted by Crippen LogP contribution is -2.43. The molecule has 1 atom stereocenters. The number of nitrogens with zero attached hydrogens (tertiary/aromatic N) is 1. The predicted octanol–water partition coefficient (Wildman–Crippen LogP) is 1.81. The molecular formula is C13H15FN2O. The molecule has 2 aliphatic rings. The van der Waals surface area contributed by atoms with Gasteiger partial charge in [0.1, 0.15) is 12.0 Å². The summed E-state index contributed by atoms with van der Waals surface area (Å²) in [4.78, 5) is 13.8. The highest BCUT2D eigenvalue weighted by Gasteiger charge is 2.38. The monoisotopic (exact) mass is 234 g/mol. The van der Waals surface area contributed by atoms with E-state index in [1.54, 1.807) is 12.1 Å². The first kappa shape index (κ1) is 10.7.